The van der Waals surface area contributed by atoms with Gasteiger partial charge in [0.15, 0.2) is 24.9 Å². The molecule has 0 aliphatic rings. The van der Waals surface area contributed by atoms with Crippen molar-refractivity contribution in [1.29, 1.82) is 0 Å². The molecule has 0 aromatic carbocycles. The lowest BCUT2D eigenvalue weighted by molar-refractivity contribution is 0.388. The highest BCUT2D eigenvalue weighted by Crippen LogP contribution is 2.62. The van der Waals surface area contributed by atoms with Gasteiger partial charge in [-0.3, -0.25) is 0 Å². The van der Waals surface area contributed by atoms with Crippen molar-refractivity contribution in [1.82, 2.24) is 0 Å². The summed E-state index contributed by atoms with van der Waals surface area (Å²) >= 11 is 0. The lowest BCUT2D eigenvalue weighted by Gasteiger charge is -2.23. The van der Waals surface area contributed by atoms with Gasteiger partial charge in [-0.15, -0.1) is 0 Å². The number of rotatable bonds is 6. The Morgan fingerprint density at radius 1 is 0.857 bits per heavy atom. The van der Waals surface area contributed by atoms with E-state index >= 15 is 0 Å². The molecule has 0 radical (unpaired) electrons. The normalized spacial score (nSPS) is 21.4. The molecule has 5 heteroatoms. The van der Waals surface area contributed by atoms with Crippen LogP contribution in [-0.4, -0.2) is 17.7 Å². The minimum absolute atomic E-state index is 0.618. The van der Waals surface area contributed by atoms with Crippen LogP contribution in [0, 0.1) is 0 Å². The third-order valence-electron chi connectivity index (χ3n) is 1.74. The molecule has 0 aliphatic carbocycles. The zero-order valence-electron chi connectivity index (χ0n) is 7.57. The van der Waals surface area contributed by atoms with Crippen LogP contribution in [0.2, 0.25) is 0 Å². The van der Waals surface area contributed by atoms with Gasteiger partial charge in [0.2, 0.25) is 0 Å². The van der Waals surface area contributed by atoms with Gasteiger partial charge in [0, 0.05) is 0 Å². The summed E-state index contributed by atoms with van der Waals surface area (Å²) in [7, 11) is -4.35. The zero-order valence-corrected chi connectivity index (χ0v) is 8.47. The Bertz CT molecular complexity index is 234. The van der Waals surface area contributed by atoms with Crippen molar-refractivity contribution in [2.24, 2.45) is 0 Å². The van der Waals surface area contributed by atoms with Gasteiger partial charge in [-0.05, 0) is 0 Å². The quantitative estimate of drug-likeness (QED) is 0.495. The van der Waals surface area contributed by atoms with Crippen LogP contribution in [0.1, 0.15) is 0 Å². The van der Waals surface area contributed by atoms with Gasteiger partial charge >= 0.3 is 0 Å². The van der Waals surface area contributed by atoms with Crippen LogP contribution in [0.3, 0.4) is 0 Å². The molecule has 3 atom stereocenters. The Kier molecular flexibility index (Phi) is 4.92. The molecule has 0 saturated carbocycles. The second kappa shape index (κ2) is 5.20. The van der Waals surface area contributed by atoms with Gasteiger partial charge in [0.05, 0.1) is 0 Å². The van der Waals surface area contributed by atoms with E-state index < -0.39 is 24.9 Å². The predicted molar refractivity (Wildman–Crippen MR) is 52.9 cm³/mol. The molecule has 14 heavy (non-hydrogen) atoms. The van der Waals surface area contributed by atoms with Crippen molar-refractivity contribution in [3.8, 4) is 0 Å². The van der Waals surface area contributed by atoms with E-state index in [1.807, 2.05) is 0 Å². The number of hydrogen-bond donors (Lipinski definition) is 0. The monoisotopic (exact) mass is 224 g/mol. The van der Waals surface area contributed by atoms with Crippen molar-refractivity contribution in [2.75, 3.05) is 0 Å². The third-order valence-corrected chi connectivity index (χ3v) is 4.69. The highest BCUT2D eigenvalue weighted by molar-refractivity contribution is 7.66. The van der Waals surface area contributed by atoms with E-state index in [0.717, 1.165) is 0 Å². The zero-order chi connectivity index (χ0) is 11.4. The topological polar surface area (TPSA) is 17.1 Å². The summed E-state index contributed by atoms with van der Waals surface area (Å²) < 4.78 is 51.0. The van der Waals surface area contributed by atoms with Gasteiger partial charge in [0.25, 0.3) is 0 Å². The van der Waals surface area contributed by atoms with Crippen molar-refractivity contribution in [3.63, 3.8) is 0 Å². The fourth-order valence-electron chi connectivity index (χ4n) is 0.902. The molecule has 1 nitrogen and oxygen atoms in total. The lowest BCUT2D eigenvalue weighted by Crippen LogP contribution is -2.15. The molecule has 3 unspecified atom stereocenters. The second-order valence-corrected chi connectivity index (χ2v) is 5.60. The lowest BCUT2D eigenvalue weighted by atomic mass is 10.7. The Morgan fingerprint density at radius 3 is 1.21 bits per heavy atom. The molecular formula is C9H12F3OP. The average molecular weight is 224 g/mol. The van der Waals surface area contributed by atoms with Crippen molar-refractivity contribution >= 4 is 7.14 Å². The molecule has 0 fully saturated rings. The van der Waals surface area contributed by atoms with Crippen molar-refractivity contribution < 1.29 is 17.7 Å². The van der Waals surface area contributed by atoms with Gasteiger partial charge in [-0.25, -0.2) is 13.2 Å². The molecule has 0 rings (SSSR count). The first-order valence-electron chi connectivity index (χ1n) is 3.84. The van der Waals surface area contributed by atoms with Crippen molar-refractivity contribution in [2.45, 2.75) is 17.7 Å². The molecule has 0 N–H and O–H groups in total. The Hall–Kier alpha value is -0.760. The largest absolute Gasteiger partial charge is 0.313 e. The van der Waals surface area contributed by atoms with Gasteiger partial charge in [0.1, 0.15) is 0 Å². The number of halogens is 3. The average Bonchev–Trinajstić information content (AvgIpc) is 2.24. The molecule has 0 aromatic rings. The highest BCUT2D eigenvalue weighted by Gasteiger charge is 2.45. The molecule has 0 bridgehead atoms. The first-order valence-corrected chi connectivity index (χ1v) is 5.75. The minimum Gasteiger partial charge on any atom is -0.313 e. The van der Waals surface area contributed by atoms with Crippen LogP contribution < -0.4 is 0 Å². The summed E-state index contributed by atoms with van der Waals surface area (Å²) in [6, 6.07) is 0. The van der Waals surface area contributed by atoms with E-state index in [4.69, 9.17) is 0 Å². The molecule has 0 saturated heterocycles. The number of allylic oxidation sites excluding steroid dienone is 3. The van der Waals surface area contributed by atoms with E-state index in [-0.39, 0.29) is 0 Å². The molecule has 0 amide bonds. The Balaban J connectivity index is 5.24. The SMILES string of the molecule is C=CC(F)P(=O)(C(F)C=C)C(F)C=C. The first-order chi connectivity index (χ1) is 6.44. The molecule has 0 heterocycles. The summed E-state index contributed by atoms with van der Waals surface area (Å²) in [5, 5.41) is 0. The standard InChI is InChI=1S/C9H12F3OP/c1-4-7(10)14(13,8(11)5-2)9(12)6-3/h4-9H,1-3H2. The van der Waals surface area contributed by atoms with E-state index in [9.17, 15) is 17.7 Å². The summed E-state index contributed by atoms with van der Waals surface area (Å²) in [4.78, 5) is 0. The summed E-state index contributed by atoms with van der Waals surface area (Å²) in [6.07, 6.45) is 1.85. The van der Waals surface area contributed by atoms with Crippen LogP contribution in [0.5, 0.6) is 0 Å². The Labute approximate surface area is 81.4 Å². The summed E-state index contributed by atoms with van der Waals surface area (Å²) in [5.74, 6) is -6.70. The Morgan fingerprint density at radius 2 is 1.07 bits per heavy atom. The van der Waals surface area contributed by atoms with Gasteiger partial charge < -0.3 is 4.57 Å². The number of alkyl halides is 3. The second-order valence-electron chi connectivity index (χ2n) is 2.59. The molecule has 0 spiro atoms. The molecule has 80 valence electrons. The van der Waals surface area contributed by atoms with E-state index in [1.54, 1.807) is 0 Å². The summed E-state index contributed by atoms with van der Waals surface area (Å²) in [5.41, 5.74) is 0. The van der Waals surface area contributed by atoms with Crippen LogP contribution in [0.4, 0.5) is 13.2 Å². The van der Waals surface area contributed by atoms with E-state index in [1.165, 1.54) is 0 Å². The maximum Gasteiger partial charge on any atom is 0.196 e. The van der Waals surface area contributed by atoms with Crippen LogP contribution in [0.25, 0.3) is 0 Å². The van der Waals surface area contributed by atoms with Crippen LogP contribution in [-0.2, 0) is 4.57 Å². The fraction of sp³-hybridized carbons (Fsp3) is 0.333. The molecule has 0 aromatic heterocycles. The van der Waals surface area contributed by atoms with Crippen LogP contribution >= 0.6 is 7.14 Å². The van der Waals surface area contributed by atoms with E-state index in [2.05, 4.69) is 19.7 Å². The van der Waals surface area contributed by atoms with Gasteiger partial charge in [-0.2, -0.15) is 0 Å². The third kappa shape index (κ3) is 2.18. The minimum atomic E-state index is -4.35. The first kappa shape index (κ1) is 13.2. The maximum atomic E-state index is 13.1. The smallest absolute Gasteiger partial charge is 0.196 e. The fourth-order valence-corrected chi connectivity index (χ4v) is 2.71. The van der Waals surface area contributed by atoms with Crippen LogP contribution in [0.15, 0.2) is 38.0 Å². The number of hydrogen-bond acceptors (Lipinski definition) is 1. The maximum absolute atomic E-state index is 13.1. The van der Waals surface area contributed by atoms with E-state index in [0.29, 0.717) is 18.2 Å². The van der Waals surface area contributed by atoms with Crippen molar-refractivity contribution in [3.05, 3.63) is 38.0 Å². The molecular weight excluding hydrogens is 212 g/mol. The predicted octanol–water partition coefficient (Wildman–Crippen LogP) is 3.79. The summed E-state index contributed by atoms with van der Waals surface area (Å²) in [6.45, 7) is 9.03. The highest BCUT2D eigenvalue weighted by atomic mass is 31.2. The van der Waals surface area contributed by atoms with Gasteiger partial charge in [-0.1, -0.05) is 38.0 Å². The molecule has 0 aliphatic heterocycles.